The van der Waals surface area contributed by atoms with Crippen LogP contribution in [0.25, 0.3) is 16.7 Å². The lowest BCUT2D eigenvalue weighted by molar-refractivity contribution is 0.00706. The fraction of sp³-hybridized carbons (Fsp3) is 0.500. The number of fused-ring (bicyclic) bond motifs is 3. The molecule has 0 radical (unpaired) electrons. The van der Waals surface area contributed by atoms with Crippen molar-refractivity contribution in [1.29, 1.82) is 0 Å². The normalized spacial score (nSPS) is 30.5. The van der Waals surface area contributed by atoms with Gasteiger partial charge in [0.15, 0.2) is 11.8 Å². The zero-order valence-corrected chi connectivity index (χ0v) is 21.5. The van der Waals surface area contributed by atoms with E-state index in [9.17, 15) is 10.2 Å². The molecule has 3 N–H and O–H groups in total. The number of pyridine rings is 1. The smallest absolute Gasteiger partial charge is 0.296 e. The van der Waals surface area contributed by atoms with E-state index in [-0.39, 0.29) is 48.8 Å². The highest BCUT2D eigenvalue weighted by molar-refractivity contribution is 6.31. The van der Waals surface area contributed by atoms with Gasteiger partial charge in [-0.2, -0.15) is 4.98 Å². The molecule has 4 heterocycles. The standard InChI is InChI=1S/C28H29ClFN3O5/c29-18-10-21-27(33-28(32-21)38-23-12-37-25-22(35)11-36-26(23)25)31-20(18)9-15-2-1-14-7-16(8-19(30)24(14)15)13-3-5-17(34)6-4-13/h3,7-8,10,15,17,22-23,25-26,34-35H,1-2,4-6,9,11-12H2,(H,31,32,33)/t15?,17?,22-,23-,25-,26-/m1/s1. The van der Waals surface area contributed by atoms with Crippen molar-refractivity contribution in [1.82, 2.24) is 15.0 Å². The zero-order valence-electron chi connectivity index (χ0n) is 20.7. The van der Waals surface area contributed by atoms with Gasteiger partial charge in [-0.05, 0) is 78.8 Å². The molecule has 2 saturated heterocycles. The summed E-state index contributed by atoms with van der Waals surface area (Å²) in [6.45, 7) is 0.528. The molecule has 0 saturated carbocycles. The number of rotatable bonds is 5. The van der Waals surface area contributed by atoms with Gasteiger partial charge in [0, 0.05) is 0 Å². The average Bonchev–Trinajstić information content (AvgIpc) is 3.66. The predicted molar refractivity (Wildman–Crippen MR) is 138 cm³/mol. The third-order valence-electron chi connectivity index (χ3n) is 8.30. The van der Waals surface area contributed by atoms with Crippen LogP contribution in [0.3, 0.4) is 0 Å². The molecule has 200 valence electrons. The first-order valence-electron chi connectivity index (χ1n) is 13.3. The molecule has 0 bridgehead atoms. The minimum atomic E-state index is -0.650. The van der Waals surface area contributed by atoms with E-state index in [1.54, 1.807) is 12.1 Å². The Bertz CT molecular complexity index is 1430. The molecule has 0 amide bonds. The van der Waals surface area contributed by atoms with Crippen molar-refractivity contribution in [3.63, 3.8) is 0 Å². The van der Waals surface area contributed by atoms with E-state index < -0.39 is 6.10 Å². The van der Waals surface area contributed by atoms with E-state index >= 15 is 4.39 Å². The number of aliphatic hydroxyl groups is 2. The van der Waals surface area contributed by atoms with E-state index in [0.717, 1.165) is 41.5 Å². The van der Waals surface area contributed by atoms with Gasteiger partial charge in [0.25, 0.3) is 6.01 Å². The van der Waals surface area contributed by atoms with Crippen LogP contribution >= 0.6 is 11.6 Å². The lowest BCUT2D eigenvalue weighted by atomic mass is 9.89. The van der Waals surface area contributed by atoms with Crippen LogP contribution in [0.15, 0.2) is 24.3 Å². The van der Waals surface area contributed by atoms with E-state index in [2.05, 4.69) is 16.0 Å². The van der Waals surface area contributed by atoms with Crippen molar-refractivity contribution >= 4 is 28.3 Å². The number of aromatic nitrogens is 3. The lowest BCUT2D eigenvalue weighted by Gasteiger charge is -2.19. The molecule has 4 aliphatic rings. The van der Waals surface area contributed by atoms with Gasteiger partial charge in [0.1, 0.15) is 24.1 Å². The predicted octanol–water partition coefficient (Wildman–Crippen LogP) is 3.86. The lowest BCUT2D eigenvalue weighted by Crippen LogP contribution is -2.34. The first kappa shape index (κ1) is 24.5. The minimum absolute atomic E-state index is 0.0168. The summed E-state index contributed by atoms with van der Waals surface area (Å²) in [4.78, 5) is 12.3. The highest BCUT2D eigenvalue weighted by atomic mass is 35.5. The Kier molecular flexibility index (Phi) is 6.16. The Balaban J connectivity index is 1.10. The van der Waals surface area contributed by atoms with Crippen LogP contribution in [0.4, 0.5) is 4.39 Å². The average molecular weight is 542 g/mol. The quantitative estimate of drug-likeness (QED) is 0.450. The fourth-order valence-corrected chi connectivity index (χ4v) is 6.57. The molecule has 10 heteroatoms. The van der Waals surface area contributed by atoms with Crippen molar-refractivity contribution in [3.8, 4) is 6.01 Å². The summed E-state index contributed by atoms with van der Waals surface area (Å²) < 4.78 is 32.6. The Morgan fingerprint density at radius 3 is 2.79 bits per heavy atom. The third kappa shape index (κ3) is 4.30. The maximum absolute atomic E-state index is 15.4. The van der Waals surface area contributed by atoms with Gasteiger partial charge in [-0.1, -0.05) is 23.7 Å². The zero-order chi connectivity index (χ0) is 26.0. The summed E-state index contributed by atoms with van der Waals surface area (Å²) in [7, 11) is 0. The fourth-order valence-electron chi connectivity index (χ4n) is 6.34. The minimum Gasteiger partial charge on any atom is -0.456 e. The Hall–Kier alpha value is -2.56. The molecule has 7 rings (SSSR count). The number of H-pyrrole nitrogens is 1. The number of nitrogens with one attached hydrogen (secondary N) is 1. The number of aliphatic hydroxyl groups excluding tert-OH is 2. The third-order valence-corrected chi connectivity index (χ3v) is 8.63. The van der Waals surface area contributed by atoms with Crippen molar-refractivity contribution in [2.75, 3.05) is 13.2 Å². The number of hydrogen-bond donors (Lipinski definition) is 3. The van der Waals surface area contributed by atoms with Gasteiger partial charge in [-0.25, -0.2) is 9.37 Å². The molecular weight excluding hydrogens is 513 g/mol. The second-order valence-corrected chi connectivity index (χ2v) is 11.2. The van der Waals surface area contributed by atoms with E-state index in [1.807, 2.05) is 6.08 Å². The molecule has 6 atom stereocenters. The number of nitrogens with zero attached hydrogens (tertiary/aromatic N) is 2. The van der Waals surface area contributed by atoms with Gasteiger partial charge in [-0.15, -0.1) is 0 Å². The molecule has 1 aromatic carbocycles. The number of halogens is 2. The molecule has 3 aromatic rings. The summed E-state index contributed by atoms with van der Waals surface area (Å²) in [5.74, 6) is -0.201. The van der Waals surface area contributed by atoms with Gasteiger partial charge >= 0.3 is 0 Å². The number of aromatic amines is 1. The number of ether oxygens (including phenoxy) is 3. The first-order chi connectivity index (χ1) is 18.4. The topological polar surface area (TPSA) is 110 Å². The maximum atomic E-state index is 15.4. The van der Waals surface area contributed by atoms with Gasteiger partial charge in [-0.3, -0.25) is 0 Å². The number of hydrogen-bond acceptors (Lipinski definition) is 7. The molecule has 0 spiro atoms. The van der Waals surface area contributed by atoms with Crippen LogP contribution in [-0.2, 0) is 22.3 Å². The molecule has 2 aliphatic carbocycles. The van der Waals surface area contributed by atoms with Crippen molar-refractivity contribution in [2.45, 2.75) is 75.0 Å². The van der Waals surface area contributed by atoms with Crippen LogP contribution in [0.5, 0.6) is 6.01 Å². The number of aryl methyl sites for hydroxylation is 1. The number of benzene rings is 1. The Labute approximate surface area is 223 Å². The van der Waals surface area contributed by atoms with Crippen LogP contribution in [0.1, 0.15) is 54.0 Å². The summed E-state index contributed by atoms with van der Waals surface area (Å²) >= 11 is 6.62. The Morgan fingerprint density at radius 1 is 1.08 bits per heavy atom. The summed E-state index contributed by atoms with van der Waals surface area (Å²) in [5, 5.41) is 20.2. The molecule has 2 aromatic heterocycles. The molecule has 2 unspecified atom stereocenters. The van der Waals surface area contributed by atoms with Crippen LogP contribution in [0, 0.1) is 5.82 Å². The second kappa shape index (κ2) is 9.57. The Morgan fingerprint density at radius 2 is 1.95 bits per heavy atom. The summed E-state index contributed by atoms with van der Waals surface area (Å²) in [5.41, 5.74) is 5.63. The summed E-state index contributed by atoms with van der Waals surface area (Å²) in [6.07, 6.45) is 4.22. The highest BCUT2D eigenvalue weighted by Gasteiger charge is 2.48. The maximum Gasteiger partial charge on any atom is 0.296 e. The number of allylic oxidation sites excluding steroid dienone is 1. The first-order valence-corrected chi connectivity index (χ1v) is 13.6. The van der Waals surface area contributed by atoms with Crippen LogP contribution in [-0.4, -0.2) is 68.9 Å². The highest BCUT2D eigenvalue weighted by Crippen LogP contribution is 2.41. The van der Waals surface area contributed by atoms with Gasteiger partial charge < -0.3 is 29.4 Å². The van der Waals surface area contributed by atoms with Crippen LogP contribution < -0.4 is 4.74 Å². The van der Waals surface area contributed by atoms with Gasteiger partial charge in [0.05, 0.1) is 35.6 Å². The summed E-state index contributed by atoms with van der Waals surface area (Å²) in [6, 6.07) is 5.82. The van der Waals surface area contributed by atoms with E-state index in [1.165, 1.54) is 0 Å². The van der Waals surface area contributed by atoms with Gasteiger partial charge in [0.2, 0.25) is 0 Å². The molecule has 8 nitrogen and oxygen atoms in total. The van der Waals surface area contributed by atoms with E-state index in [4.69, 9.17) is 30.8 Å². The SMILES string of the molecule is OC1CC=C(c2cc(F)c3c(c2)CCC3Cc2nc3nc(O[C@@H]4CO[C@H]5[C@@H]4OC[C@H]5O)[nH]c3cc2Cl)CC1. The molecule has 38 heavy (non-hydrogen) atoms. The monoisotopic (exact) mass is 541 g/mol. The number of imidazole rings is 1. The van der Waals surface area contributed by atoms with Crippen LogP contribution in [0.2, 0.25) is 5.02 Å². The van der Waals surface area contributed by atoms with Crippen molar-refractivity contribution in [2.24, 2.45) is 0 Å². The largest absolute Gasteiger partial charge is 0.456 e. The van der Waals surface area contributed by atoms with Crippen molar-refractivity contribution in [3.05, 3.63) is 57.5 Å². The second-order valence-electron chi connectivity index (χ2n) is 10.8. The molecule has 2 aliphatic heterocycles. The van der Waals surface area contributed by atoms with E-state index in [0.29, 0.717) is 47.7 Å². The molecular formula is C28H29ClFN3O5. The molecule has 2 fully saturated rings. The van der Waals surface area contributed by atoms with Crippen molar-refractivity contribution < 1.29 is 28.8 Å².